The summed E-state index contributed by atoms with van der Waals surface area (Å²) in [7, 11) is 0. The third kappa shape index (κ3) is 9.13. The van der Waals surface area contributed by atoms with Crippen LogP contribution in [0.2, 0.25) is 0 Å². The molecule has 0 bridgehead atoms. The van der Waals surface area contributed by atoms with Crippen molar-refractivity contribution in [3.05, 3.63) is 0 Å². The highest BCUT2D eigenvalue weighted by atomic mass is 127. The second-order valence-corrected chi connectivity index (χ2v) is 9.15. The monoisotopic (exact) mass is 509 g/mol. The number of nitrogens with zero attached hydrogens (tertiary/aromatic N) is 3. The van der Waals surface area contributed by atoms with Gasteiger partial charge in [0.1, 0.15) is 0 Å². The van der Waals surface area contributed by atoms with E-state index in [0.717, 1.165) is 57.8 Å². The summed E-state index contributed by atoms with van der Waals surface area (Å²) in [5.41, 5.74) is 0.0605. The summed E-state index contributed by atoms with van der Waals surface area (Å²) in [6.07, 6.45) is 2.64. The van der Waals surface area contributed by atoms with E-state index in [1.54, 1.807) is 0 Å². The maximum Gasteiger partial charge on any atom is 0.191 e. The lowest BCUT2D eigenvalue weighted by molar-refractivity contribution is -0.00684. The van der Waals surface area contributed by atoms with Crippen LogP contribution in [0.5, 0.6) is 0 Å². The van der Waals surface area contributed by atoms with Crippen LogP contribution in [0.25, 0.3) is 0 Å². The van der Waals surface area contributed by atoms with E-state index in [2.05, 4.69) is 55.1 Å². The third-order valence-corrected chi connectivity index (χ3v) is 5.62. The van der Waals surface area contributed by atoms with Gasteiger partial charge in [-0.05, 0) is 52.0 Å². The fraction of sp³-hybridized carbons (Fsp3) is 0.952. The summed E-state index contributed by atoms with van der Waals surface area (Å²) in [6, 6.07) is 0. The number of halogens is 1. The van der Waals surface area contributed by atoms with Crippen LogP contribution < -0.4 is 10.6 Å². The molecule has 1 atom stereocenters. The lowest BCUT2D eigenvalue weighted by Gasteiger charge is -2.40. The van der Waals surface area contributed by atoms with Crippen LogP contribution in [0.15, 0.2) is 4.99 Å². The number of hydrogen-bond donors (Lipinski definition) is 2. The minimum Gasteiger partial charge on any atom is -0.379 e. The largest absolute Gasteiger partial charge is 0.379 e. The van der Waals surface area contributed by atoms with Gasteiger partial charge < -0.3 is 20.3 Å². The topological polar surface area (TPSA) is 52.1 Å². The van der Waals surface area contributed by atoms with E-state index in [4.69, 9.17) is 9.73 Å². The first-order chi connectivity index (χ1) is 12.9. The molecule has 0 radical (unpaired) electrons. The fourth-order valence-electron chi connectivity index (χ4n) is 4.12. The van der Waals surface area contributed by atoms with Crippen molar-refractivity contribution in [2.45, 2.75) is 53.0 Å². The molecule has 0 spiro atoms. The number of rotatable bonds is 8. The predicted molar refractivity (Wildman–Crippen MR) is 130 cm³/mol. The van der Waals surface area contributed by atoms with Crippen molar-refractivity contribution >= 4 is 29.9 Å². The van der Waals surface area contributed by atoms with Crippen LogP contribution in [0.1, 0.15) is 47.5 Å². The van der Waals surface area contributed by atoms with Gasteiger partial charge in [-0.25, -0.2) is 0 Å². The Bertz CT molecular complexity index is 452. The second kappa shape index (κ2) is 13.2. The van der Waals surface area contributed by atoms with E-state index in [0.29, 0.717) is 5.92 Å². The summed E-state index contributed by atoms with van der Waals surface area (Å²) in [5, 5.41) is 7.03. The molecule has 0 amide bonds. The Hall–Kier alpha value is -0.120. The van der Waals surface area contributed by atoms with Crippen LogP contribution in [-0.4, -0.2) is 86.9 Å². The van der Waals surface area contributed by atoms with Gasteiger partial charge in [0.2, 0.25) is 0 Å². The van der Waals surface area contributed by atoms with Gasteiger partial charge in [0.25, 0.3) is 0 Å². The summed E-state index contributed by atoms with van der Waals surface area (Å²) in [4.78, 5) is 10.0. The molecule has 0 aromatic heterocycles. The van der Waals surface area contributed by atoms with Crippen molar-refractivity contribution in [3.63, 3.8) is 0 Å². The van der Waals surface area contributed by atoms with E-state index in [-0.39, 0.29) is 29.5 Å². The van der Waals surface area contributed by atoms with Gasteiger partial charge in [0.05, 0.1) is 19.8 Å². The number of likely N-dealkylation sites (tertiary alicyclic amines) is 1. The molecule has 0 aliphatic carbocycles. The standard InChI is InChI=1S/C21H43N5O.HI/c1-6-22-20(24-17-21(4,5)26-10-12-27-13-11-26)23-14-19-8-7-9-25(16-19)15-18(2)3;/h18-19H,6-17H2,1-5H3,(H2,22,23,24);1H. The van der Waals surface area contributed by atoms with Gasteiger partial charge in [-0.2, -0.15) is 0 Å². The first kappa shape index (κ1) is 25.9. The average molecular weight is 510 g/mol. The number of hydrogen-bond acceptors (Lipinski definition) is 4. The van der Waals surface area contributed by atoms with Gasteiger partial charge in [-0.1, -0.05) is 13.8 Å². The Morgan fingerprint density at radius 2 is 1.89 bits per heavy atom. The van der Waals surface area contributed by atoms with Crippen LogP contribution in [0.4, 0.5) is 0 Å². The van der Waals surface area contributed by atoms with Gasteiger partial charge >= 0.3 is 0 Å². The van der Waals surface area contributed by atoms with Gasteiger partial charge in [-0.15, -0.1) is 24.0 Å². The molecule has 2 aliphatic heterocycles. The van der Waals surface area contributed by atoms with Crippen LogP contribution in [0.3, 0.4) is 0 Å². The first-order valence-electron chi connectivity index (χ1n) is 11.0. The molecule has 6 nitrogen and oxygen atoms in total. The molecule has 2 aliphatic rings. The van der Waals surface area contributed by atoms with Crippen LogP contribution in [0, 0.1) is 11.8 Å². The van der Waals surface area contributed by atoms with E-state index in [1.165, 1.54) is 32.5 Å². The molecule has 2 N–H and O–H groups in total. The Morgan fingerprint density at radius 1 is 1.18 bits per heavy atom. The summed E-state index contributed by atoms with van der Waals surface area (Å²) < 4.78 is 5.49. The molecule has 2 fully saturated rings. The number of aliphatic imine (C=N–C) groups is 1. The summed E-state index contributed by atoms with van der Waals surface area (Å²) in [6.45, 7) is 21.4. The molecule has 0 aromatic rings. The summed E-state index contributed by atoms with van der Waals surface area (Å²) >= 11 is 0. The van der Waals surface area contributed by atoms with Crippen molar-refractivity contribution in [1.29, 1.82) is 0 Å². The Labute approximate surface area is 190 Å². The molecule has 2 heterocycles. The molecule has 0 saturated carbocycles. The maximum absolute atomic E-state index is 5.49. The van der Waals surface area contributed by atoms with Crippen molar-refractivity contribution in [3.8, 4) is 0 Å². The number of guanidine groups is 1. The van der Waals surface area contributed by atoms with Crippen molar-refractivity contribution in [2.75, 3.05) is 65.6 Å². The van der Waals surface area contributed by atoms with Crippen molar-refractivity contribution in [1.82, 2.24) is 20.4 Å². The molecular weight excluding hydrogens is 465 g/mol. The quantitative estimate of drug-likeness (QED) is 0.300. The molecule has 1 unspecified atom stereocenters. The molecule has 7 heteroatoms. The smallest absolute Gasteiger partial charge is 0.191 e. The van der Waals surface area contributed by atoms with E-state index >= 15 is 0 Å². The van der Waals surface area contributed by atoms with Gasteiger partial charge in [0.15, 0.2) is 5.96 Å². The number of morpholine rings is 1. The molecule has 0 aromatic carbocycles. The predicted octanol–water partition coefficient (Wildman–Crippen LogP) is 2.64. The van der Waals surface area contributed by atoms with E-state index in [9.17, 15) is 0 Å². The maximum atomic E-state index is 5.49. The average Bonchev–Trinajstić information content (AvgIpc) is 2.64. The minimum absolute atomic E-state index is 0. The van der Waals surface area contributed by atoms with Gasteiger partial charge in [0, 0.05) is 44.8 Å². The Balaban J connectivity index is 0.00000392. The SMILES string of the molecule is CCNC(=NCC(C)(C)N1CCOCC1)NCC1CCCN(CC(C)C)C1.I. The highest BCUT2D eigenvalue weighted by molar-refractivity contribution is 14.0. The first-order valence-corrected chi connectivity index (χ1v) is 11.0. The molecule has 2 rings (SSSR count). The number of nitrogens with one attached hydrogen (secondary N) is 2. The van der Waals surface area contributed by atoms with E-state index in [1.807, 2.05) is 0 Å². The zero-order valence-corrected chi connectivity index (χ0v) is 21.1. The lowest BCUT2D eigenvalue weighted by Crippen LogP contribution is -2.52. The summed E-state index contributed by atoms with van der Waals surface area (Å²) in [5.74, 6) is 2.42. The van der Waals surface area contributed by atoms with E-state index < -0.39 is 0 Å². The molecule has 166 valence electrons. The number of piperidine rings is 1. The molecular formula is C21H44IN5O. The normalized spacial score (nSPS) is 22.8. The zero-order valence-electron chi connectivity index (χ0n) is 18.8. The van der Waals surface area contributed by atoms with Crippen LogP contribution >= 0.6 is 24.0 Å². The highest BCUT2D eigenvalue weighted by Crippen LogP contribution is 2.18. The fourth-order valence-corrected chi connectivity index (χ4v) is 4.12. The van der Waals surface area contributed by atoms with Crippen molar-refractivity contribution in [2.24, 2.45) is 16.8 Å². The van der Waals surface area contributed by atoms with Crippen molar-refractivity contribution < 1.29 is 4.74 Å². The van der Waals surface area contributed by atoms with Gasteiger partial charge in [-0.3, -0.25) is 9.89 Å². The Morgan fingerprint density at radius 3 is 2.54 bits per heavy atom. The van der Waals surface area contributed by atoms with Crippen LogP contribution in [-0.2, 0) is 4.74 Å². The number of ether oxygens (including phenoxy) is 1. The minimum atomic E-state index is 0. The molecule has 2 saturated heterocycles. The lowest BCUT2D eigenvalue weighted by atomic mass is 9.97. The third-order valence-electron chi connectivity index (χ3n) is 5.62. The highest BCUT2D eigenvalue weighted by Gasteiger charge is 2.28. The zero-order chi connectivity index (χ0) is 19.7. The second-order valence-electron chi connectivity index (χ2n) is 9.15. The molecule has 28 heavy (non-hydrogen) atoms. The Kier molecular flexibility index (Phi) is 12.3.